The maximum atomic E-state index is 11.3. The van der Waals surface area contributed by atoms with Crippen LogP contribution in [0.1, 0.15) is 36.8 Å². The molecule has 19 heavy (non-hydrogen) atoms. The van der Waals surface area contributed by atoms with Gasteiger partial charge in [-0.1, -0.05) is 18.2 Å². The molecule has 0 saturated heterocycles. The van der Waals surface area contributed by atoms with Crippen LogP contribution in [0.25, 0.3) is 6.08 Å². The second-order valence-electron chi connectivity index (χ2n) is 4.92. The van der Waals surface area contributed by atoms with Gasteiger partial charge in [-0.3, -0.25) is 9.78 Å². The first kappa shape index (κ1) is 14.9. The molecule has 5 nitrogen and oxygen atoms in total. The third-order valence-electron chi connectivity index (χ3n) is 2.00. The summed E-state index contributed by atoms with van der Waals surface area (Å²) >= 11 is 0. The van der Waals surface area contributed by atoms with E-state index in [1.807, 2.05) is 20.8 Å². The molecule has 0 fully saturated rings. The minimum absolute atomic E-state index is 0.365. The van der Waals surface area contributed by atoms with Crippen molar-refractivity contribution in [3.05, 3.63) is 35.7 Å². The van der Waals surface area contributed by atoms with Crippen molar-refractivity contribution in [3.8, 4) is 0 Å². The number of carbonyl (C=O) groups excluding carboxylic acids is 2. The molecule has 5 heteroatoms. The molecule has 0 aliphatic rings. The zero-order chi connectivity index (χ0) is 14.3. The number of aldehydes is 1. The van der Waals surface area contributed by atoms with Gasteiger partial charge in [0.25, 0.3) is 0 Å². The van der Waals surface area contributed by atoms with Gasteiger partial charge >= 0.3 is 6.09 Å². The maximum Gasteiger partial charge on any atom is 0.407 e. The van der Waals surface area contributed by atoms with E-state index in [9.17, 15) is 9.59 Å². The highest BCUT2D eigenvalue weighted by atomic mass is 16.6. The SMILES string of the molecule is CC(C)(C)OC(=O)NCC=Cc1ccc(C=O)nc1. The highest BCUT2D eigenvalue weighted by Crippen LogP contribution is 2.06. The van der Waals surface area contributed by atoms with Crippen LogP contribution in [-0.4, -0.2) is 29.5 Å². The van der Waals surface area contributed by atoms with E-state index in [1.54, 1.807) is 30.5 Å². The number of aromatic nitrogens is 1. The Hall–Kier alpha value is -2.17. The lowest BCUT2D eigenvalue weighted by molar-refractivity contribution is 0.0534. The molecule has 0 atom stereocenters. The van der Waals surface area contributed by atoms with Crippen LogP contribution in [0, 0.1) is 0 Å². The lowest BCUT2D eigenvalue weighted by Crippen LogP contribution is -2.32. The fourth-order valence-corrected chi connectivity index (χ4v) is 1.24. The molecule has 0 saturated carbocycles. The van der Waals surface area contributed by atoms with E-state index in [-0.39, 0.29) is 0 Å². The van der Waals surface area contributed by atoms with E-state index >= 15 is 0 Å². The molecule has 0 aliphatic heterocycles. The monoisotopic (exact) mass is 262 g/mol. The topological polar surface area (TPSA) is 68.3 Å². The van der Waals surface area contributed by atoms with Gasteiger partial charge in [-0.15, -0.1) is 0 Å². The van der Waals surface area contributed by atoms with Gasteiger partial charge < -0.3 is 10.1 Å². The first-order valence-electron chi connectivity index (χ1n) is 5.95. The molecule has 0 bridgehead atoms. The fraction of sp³-hybridized carbons (Fsp3) is 0.357. The van der Waals surface area contributed by atoms with Gasteiger partial charge in [-0.25, -0.2) is 4.79 Å². The van der Waals surface area contributed by atoms with E-state index in [0.29, 0.717) is 18.5 Å². The lowest BCUT2D eigenvalue weighted by atomic mass is 10.2. The van der Waals surface area contributed by atoms with Crippen molar-refractivity contribution in [3.63, 3.8) is 0 Å². The molecular weight excluding hydrogens is 244 g/mol. The third kappa shape index (κ3) is 6.35. The number of rotatable bonds is 4. The lowest BCUT2D eigenvalue weighted by Gasteiger charge is -2.19. The number of amides is 1. The minimum Gasteiger partial charge on any atom is -0.444 e. The van der Waals surface area contributed by atoms with Crippen LogP contribution in [0.5, 0.6) is 0 Å². The molecule has 1 N–H and O–H groups in total. The Balaban J connectivity index is 2.37. The van der Waals surface area contributed by atoms with Gasteiger partial charge in [0, 0.05) is 12.7 Å². The standard InChI is InChI=1S/C14H18N2O3/c1-14(2,3)19-13(18)15-8-4-5-11-6-7-12(10-17)16-9-11/h4-7,9-10H,8H2,1-3H3,(H,15,18). The van der Waals surface area contributed by atoms with Crippen molar-refractivity contribution in [1.82, 2.24) is 10.3 Å². The largest absolute Gasteiger partial charge is 0.444 e. The summed E-state index contributed by atoms with van der Waals surface area (Å²) in [4.78, 5) is 25.7. The van der Waals surface area contributed by atoms with Gasteiger partial charge in [0.1, 0.15) is 11.3 Å². The van der Waals surface area contributed by atoms with Crippen LogP contribution >= 0.6 is 0 Å². The molecule has 1 amide bonds. The molecule has 0 spiro atoms. The zero-order valence-corrected chi connectivity index (χ0v) is 11.3. The number of nitrogens with one attached hydrogen (secondary N) is 1. The molecule has 0 aliphatic carbocycles. The van der Waals surface area contributed by atoms with Crippen molar-refractivity contribution in [2.24, 2.45) is 0 Å². The Morgan fingerprint density at radius 1 is 1.42 bits per heavy atom. The number of alkyl carbamates (subject to hydrolysis) is 1. The summed E-state index contributed by atoms with van der Waals surface area (Å²) < 4.78 is 5.09. The third-order valence-corrected chi connectivity index (χ3v) is 2.00. The van der Waals surface area contributed by atoms with E-state index in [4.69, 9.17) is 4.74 Å². The summed E-state index contributed by atoms with van der Waals surface area (Å²) in [7, 11) is 0. The maximum absolute atomic E-state index is 11.3. The van der Waals surface area contributed by atoms with Gasteiger partial charge in [0.15, 0.2) is 6.29 Å². The van der Waals surface area contributed by atoms with Gasteiger partial charge in [0.2, 0.25) is 0 Å². The van der Waals surface area contributed by atoms with Crippen molar-refractivity contribution in [2.75, 3.05) is 6.54 Å². The van der Waals surface area contributed by atoms with Crippen molar-refractivity contribution in [1.29, 1.82) is 0 Å². The predicted molar refractivity (Wildman–Crippen MR) is 72.9 cm³/mol. The second-order valence-corrected chi connectivity index (χ2v) is 4.92. The molecule has 1 aromatic heterocycles. The smallest absolute Gasteiger partial charge is 0.407 e. The summed E-state index contributed by atoms with van der Waals surface area (Å²) in [6.45, 7) is 5.79. The summed E-state index contributed by atoms with van der Waals surface area (Å²) in [6.07, 6.45) is 5.41. The Kier molecular flexibility index (Phi) is 5.23. The molecular formula is C14H18N2O3. The van der Waals surface area contributed by atoms with Crippen molar-refractivity contribution < 1.29 is 14.3 Å². The molecule has 0 radical (unpaired) electrons. The summed E-state index contributed by atoms with van der Waals surface area (Å²) in [5.41, 5.74) is 0.753. The molecule has 102 valence electrons. The van der Waals surface area contributed by atoms with Gasteiger partial charge in [0.05, 0.1) is 0 Å². The molecule has 0 unspecified atom stereocenters. The summed E-state index contributed by atoms with van der Waals surface area (Å²) in [5.74, 6) is 0. The van der Waals surface area contributed by atoms with Crippen molar-refractivity contribution in [2.45, 2.75) is 26.4 Å². The van der Waals surface area contributed by atoms with Crippen LogP contribution in [0.3, 0.4) is 0 Å². The highest BCUT2D eigenvalue weighted by Gasteiger charge is 2.14. The average Bonchev–Trinajstić information content (AvgIpc) is 2.33. The Labute approximate surface area is 112 Å². The average molecular weight is 262 g/mol. The highest BCUT2D eigenvalue weighted by molar-refractivity contribution is 5.72. The van der Waals surface area contributed by atoms with Crippen molar-refractivity contribution >= 4 is 18.5 Å². The molecule has 0 aromatic carbocycles. The number of hydrogen-bond donors (Lipinski definition) is 1. The van der Waals surface area contributed by atoms with E-state index < -0.39 is 11.7 Å². The summed E-state index contributed by atoms with van der Waals surface area (Å²) in [6, 6.07) is 3.41. The molecule has 1 heterocycles. The zero-order valence-electron chi connectivity index (χ0n) is 11.3. The number of nitrogens with zero attached hydrogens (tertiary/aromatic N) is 1. The molecule has 1 aromatic rings. The van der Waals surface area contributed by atoms with E-state index in [1.165, 1.54) is 0 Å². The van der Waals surface area contributed by atoms with Crippen LogP contribution in [0.15, 0.2) is 24.4 Å². The quantitative estimate of drug-likeness (QED) is 0.846. The Bertz CT molecular complexity index is 459. The van der Waals surface area contributed by atoms with Gasteiger partial charge in [-0.2, -0.15) is 0 Å². The van der Waals surface area contributed by atoms with E-state index in [0.717, 1.165) is 5.56 Å². The van der Waals surface area contributed by atoms with E-state index in [2.05, 4.69) is 10.3 Å². The minimum atomic E-state index is -0.498. The first-order chi connectivity index (χ1) is 8.90. The summed E-state index contributed by atoms with van der Waals surface area (Å²) in [5, 5.41) is 2.61. The number of ether oxygens (including phenoxy) is 1. The first-order valence-corrected chi connectivity index (χ1v) is 5.95. The number of hydrogen-bond acceptors (Lipinski definition) is 4. The fourth-order valence-electron chi connectivity index (χ4n) is 1.24. The Morgan fingerprint density at radius 3 is 2.68 bits per heavy atom. The normalized spacial score (nSPS) is 11.3. The molecule has 1 rings (SSSR count). The van der Waals surface area contributed by atoms with Crippen LogP contribution < -0.4 is 5.32 Å². The second kappa shape index (κ2) is 6.68. The van der Waals surface area contributed by atoms with Crippen LogP contribution in [0.4, 0.5) is 4.79 Å². The Morgan fingerprint density at radius 2 is 2.16 bits per heavy atom. The van der Waals surface area contributed by atoms with Crippen LogP contribution in [-0.2, 0) is 4.74 Å². The van der Waals surface area contributed by atoms with Crippen LogP contribution in [0.2, 0.25) is 0 Å². The number of pyridine rings is 1. The number of carbonyl (C=O) groups is 2. The van der Waals surface area contributed by atoms with Gasteiger partial charge in [-0.05, 0) is 32.4 Å². The predicted octanol–water partition coefficient (Wildman–Crippen LogP) is 2.43.